The number of nitrogens with zero attached hydrogens (tertiary/aromatic N) is 1. The number of rotatable bonds is 4. The molecule has 0 bridgehead atoms. The van der Waals surface area contributed by atoms with E-state index in [1.54, 1.807) is 0 Å². The highest BCUT2D eigenvalue weighted by molar-refractivity contribution is 5.85. The monoisotopic (exact) mass is 332 g/mol. The summed E-state index contributed by atoms with van der Waals surface area (Å²) < 4.78 is 5.62. The van der Waals surface area contributed by atoms with Crippen LogP contribution in [0.15, 0.2) is 18.2 Å². The Labute approximate surface area is 140 Å². The molecule has 1 atom stereocenters. The number of hydrogen-bond donors (Lipinski definition) is 1. The maximum atomic E-state index is 5.62. The molecule has 2 heterocycles. The molecule has 0 aromatic heterocycles. The van der Waals surface area contributed by atoms with Gasteiger partial charge in [0.2, 0.25) is 0 Å². The lowest BCUT2D eigenvalue weighted by Gasteiger charge is -2.35. The molecule has 1 aromatic rings. The first-order valence-electron chi connectivity index (χ1n) is 7.59. The summed E-state index contributed by atoms with van der Waals surface area (Å²) in [5.74, 6) is 1.10. The minimum Gasteiger partial charge on any atom is -0.493 e. The average Bonchev–Trinajstić information content (AvgIpc) is 2.93. The van der Waals surface area contributed by atoms with Crippen molar-refractivity contribution in [1.82, 2.24) is 10.2 Å². The largest absolute Gasteiger partial charge is 0.493 e. The van der Waals surface area contributed by atoms with Gasteiger partial charge in [-0.1, -0.05) is 25.5 Å². The molecule has 0 spiro atoms. The van der Waals surface area contributed by atoms with Crippen molar-refractivity contribution in [1.29, 1.82) is 0 Å². The van der Waals surface area contributed by atoms with E-state index in [-0.39, 0.29) is 24.8 Å². The Morgan fingerprint density at radius 2 is 2.00 bits per heavy atom. The van der Waals surface area contributed by atoms with E-state index in [1.807, 2.05) is 0 Å². The molecule has 1 saturated heterocycles. The second-order valence-electron chi connectivity index (χ2n) is 5.56. The van der Waals surface area contributed by atoms with E-state index in [4.69, 9.17) is 4.74 Å². The Kier molecular flexibility index (Phi) is 7.82. The normalized spacial score (nSPS) is 18.9. The van der Waals surface area contributed by atoms with Crippen LogP contribution < -0.4 is 10.1 Å². The fourth-order valence-corrected chi connectivity index (χ4v) is 3.24. The molecule has 0 aliphatic carbocycles. The van der Waals surface area contributed by atoms with Crippen LogP contribution in [0.25, 0.3) is 0 Å². The zero-order valence-electron chi connectivity index (χ0n) is 12.6. The van der Waals surface area contributed by atoms with Gasteiger partial charge in [-0.2, -0.15) is 0 Å². The van der Waals surface area contributed by atoms with Crippen molar-refractivity contribution < 1.29 is 4.74 Å². The molecule has 1 fully saturated rings. The van der Waals surface area contributed by atoms with E-state index in [9.17, 15) is 0 Å². The van der Waals surface area contributed by atoms with Gasteiger partial charge in [0.05, 0.1) is 6.61 Å². The first-order chi connectivity index (χ1) is 9.38. The minimum atomic E-state index is 0. The van der Waals surface area contributed by atoms with Crippen LogP contribution in [0.1, 0.15) is 36.9 Å². The van der Waals surface area contributed by atoms with E-state index in [1.165, 1.54) is 24.0 Å². The van der Waals surface area contributed by atoms with E-state index >= 15 is 0 Å². The Morgan fingerprint density at radius 1 is 1.24 bits per heavy atom. The van der Waals surface area contributed by atoms with Crippen LogP contribution in [0.3, 0.4) is 0 Å². The summed E-state index contributed by atoms with van der Waals surface area (Å²) in [6.07, 6.45) is 3.56. The van der Waals surface area contributed by atoms with Gasteiger partial charge in [0, 0.05) is 38.6 Å². The minimum absolute atomic E-state index is 0. The molecule has 3 nitrogen and oxygen atoms in total. The zero-order chi connectivity index (χ0) is 13.1. The van der Waals surface area contributed by atoms with Crippen LogP contribution in [0.5, 0.6) is 5.75 Å². The predicted octanol–water partition coefficient (Wildman–Crippen LogP) is 3.21. The number of halogens is 2. The lowest BCUT2D eigenvalue weighted by Crippen LogP contribution is -2.45. The zero-order valence-corrected chi connectivity index (χ0v) is 14.3. The van der Waals surface area contributed by atoms with Gasteiger partial charge in [-0.3, -0.25) is 4.90 Å². The lowest BCUT2D eigenvalue weighted by atomic mass is 9.97. The molecule has 1 aromatic carbocycles. The van der Waals surface area contributed by atoms with Gasteiger partial charge in [-0.15, -0.1) is 24.8 Å². The van der Waals surface area contributed by atoms with Gasteiger partial charge in [0.15, 0.2) is 0 Å². The number of fused-ring (bicyclic) bond motifs is 1. The Morgan fingerprint density at radius 3 is 2.71 bits per heavy atom. The first-order valence-corrected chi connectivity index (χ1v) is 7.59. The van der Waals surface area contributed by atoms with Crippen molar-refractivity contribution in [2.45, 2.75) is 32.2 Å². The van der Waals surface area contributed by atoms with Crippen LogP contribution in [0, 0.1) is 0 Å². The standard InChI is InChI=1S/C16H24N2O.2ClH/c1-2-3-15(18-9-7-17-8-10-18)13-4-5-16-14(12-13)6-11-19-16;;/h4-5,12,15,17H,2-3,6-11H2,1H3;2*1H/t15-;;/m0../s1. The van der Waals surface area contributed by atoms with Gasteiger partial charge in [-0.25, -0.2) is 0 Å². The van der Waals surface area contributed by atoms with Crippen LogP contribution in [-0.4, -0.2) is 37.7 Å². The average molecular weight is 333 g/mol. The first kappa shape index (κ1) is 18.6. The maximum absolute atomic E-state index is 5.62. The quantitative estimate of drug-likeness (QED) is 0.916. The number of ether oxygens (including phenoxy) is 1. The van der Waals surface area contributed by atoms with Crippen molar-refractivity contribution in [3.63, 3.8) is 0 Å². The molecule has 3 rings (SSSR count). The van der Waals surface area contributed by atoms with Gasteiger partial charge in [-0.05, 0) is 23.6 Å². The smallest absolute Gasteiger partial charge is 0.122 e. The number of hydrogen-bond acceptors (Lipinski definition) is 3. The molecule has 2 aliphatic rings. The van der Waals surface area contributed by atoms with Crippen molar-refractivity contribution in [3.8, 4) is 5.75 Å². The van der Waals surface area contributed by atoms with E-state index in [2.05, 4.69) is 35.3 Å². The Hall–Kier alpha value is -0.480. The van der Waals surface area contributed by atoms with E-state index < -0.39 is 0 Å². The summed E-state index contributed by atoms with van der Waals surface area (Å²) in [5, 5.41) is 3.44. The highest BCUT2D eigenvalue weighted by Crippen LogP contribution is 2.32. The van der Waals surface area contributed by atoms with Crippen molar-refractivity contribution >= 4 is 24.8 Å². The van der Waals surface area contributed by atoms with Gasteiger partial charge in [0.1, 0.15) is 5.75 Å². The van der Waals surface area contributed by atoms with Crippen molar-refractivity contribution in [2.24, 2.45) is 0 Å². The summed E-state index contributed by atoms with van der Waals surface area (Å²) in [4.78, 5) is 2.64. The lowest BCUT2D eigenvalue weighted by molar-refractivity contribution is 0.164. The van der Waals surface area contributed by atoms with Crippen LogP contribution in [0.2, 0.25) is 0 Å². The number of nitrogens with one attached hydrogen (secondary N) is 1. The number of piperazine rings is 1. The molecule has 5 heteroatoms. The molecule has 0 amide bonds. The summed E-state index contributed by atoms with van der Waals surface area (Å²) in [6.45, 7) is 7.70. The third-order valence-electron chi connectivity index (χ3n) is 4.25. The molecule has 0 unspecified atom stereocenters. The molecule has 1 N–H and O–H groups in total. The maximum Gasteiger partial charge on any atom is 0.122 e. The molecule has 2 aliphatic heterocycles. The van der Waals surface area contributed by atoms with Crippen molar-refractivity contribution in [2.75, 3.05) is 32.8 Å². The molecule has 0 radical (unpaired) electrons. The van der Waals surface area contributed by atoms with Crippen LogP contribution in [0.4, 0.5) is 0 Å². The topological polar surface area (TPSA) is 24.5 Å². The van der Waals surface area contributed by atoms with E-state index in [0.29, 0.717) is 6.04 Å². The Bertz CT molecular complexity index is 436. The Balaban J connectivity index is 0.00000110. The molecular weight excluding hydrogens is 307 g/mol. The molecular formula is C16H26Cl2N2O. The van der Waals surface area contributed by atoms with Gasteiger partial charge in [0.25, 0.3) is 0 Å². The summed E-state index contributed by atoms with van der Waals surface area (Å²) in [6, 6.07) is 7.40. The summed E-state index contributed by atoms with van der Waals surface area (Å²) >= 11 is 0. The van der Waals surface area contributed by atoms with Gasteiger partial charge < -0.3 is 10.1 Å². The van der Waals surface area contributed by atoms with Gasteiger partial charge >= 0.3 is 0 Å². The third kappa shape index (κ3) is 4.26. The third-order valence-corrected chi connectivity index (χ3v) is 4.25. The second-order valence-corrected chi connectivity index (χ2v) is 5.56. The fraction of sp³-hybridized carbons (Fsp3) is 0.625. The second kappa shape index (κ2) is 8.84. The highest BCUT2D eigenvalue weighted by atomic mass is 35.5. The predicted molar refractivity (Wildman–Crippen MR) is 92.2 cm³/mol. The van der Waals surface area contributed by atoms with Crippen molar-refractivity contribution in [3.05, 3.63) is 29.3 Å². The van der Waals surface area contributed by atoms with Crippen LogP contribution in [-0.2, 0) is 6.42 Å². The summed E-state index contributed by atoms with van der Waals surface area (Å²) in [7, 11) is 0. The number of benzene rings is 1. The molecule has 0 saturated carbocycles. The summed E-state index contributed by atoms with van der Waals surface area (Å²) in [5.41, 5.74) is 2.88. The molecule has 21 heavy (non-hydrogen) atoms. The highest BCUT2D eigenvalue weighted by Gasteiger charge is 2.23. The van der Waals surface area contributed by atoms with Crippen LogP contribution >= 0.6 is 24.8 Å². The molecule has 120 valence electrons. The van der Waals surface area contributed by atoms with E-state index in [0.717, 1.165) is 45.0 Å². The SMILES string of the molecule is CCC[C@@H](c1ccc2c(c1)CCO2)N1CCNCC1.Cl.Cl. The fourth-order valence-electron chi connectivity index (χ4n) is 3.24.